The first-order valence-electron chi connectivity index (χ1n) is 5.43. The van der Waals surface area contributed by atoms with Gasteiger partial charge in [-0.1, -0.05) is 42.5 Å². The fourth-order valence-corrected chi connectivity index (χ4v) is 1.77. The molecule has 0 saturated carbocycles. The molecule has 0 aliphatic heterocycles. The van der Waals surface area contributed by atoms with Crippen LogP contribution in [-0.4, -0.2) is 5.11 Å². The molecule has 0 heterocycles. The molecule has 2 rings (SSSR count). The zero-order valence-corrected chi connectivity index (χ0v) is 9.77. The first-order valence-corrected chi connectivity index (χ1v) is 5.43. The third kappa shape index (κ3) is 2.16. The Bertz CT molecular complexity index is 573. The highest BCUT2D eigenvalue weighted by atomic mass is 16.3. The van der Waals surface area contributed by atoms with Crippen molar-refractivity contribution in [3.8, 4) is 16.9 Å². The summed E-state index contributed by atoms with van der Waals surface area (Å²) in [5.74, 6) is 0.238. The van der Waals surface area contributed by atoms with Crippen LogP contribution in [0.25, 0.3) is 16.7 Å². The van der Waals surface area contributed by atoms with Gasteiger partial charge in [-0.05, 0) is 24.6 Å². The number of para-hydroxylation sites is 1. The molecular weight excluding hydrogens is 210 g/mol. The molecule has 0 aliphatic carbocycles. The Kier molecular flexibility index (Phi) is 2.88. The maximum absolute atomic E-state index is 9.79. The summed E-state index contributed by atoms with van der Waals surface area (Å²) >= 11 is 0. The van der Waals surface area contributed by atoms with Gasteiger partial charge in [-0.3, -0.25) is 0 Å². The molecule has 0 bridgehead atoms. The molecular formula is C15H15NO. The Labute approximate surface area is 101 Å². The van der Waals surface area contributed by atoms with Gasteiger partial charge in [0.15, 0.2) is 0 Å². The first kappa shape index (κ1) is 11.3. The zero-order valence-electron chi connectivity index (χ0n) is 9.77. The van der Waals surface area contributed by atoms with E-state index in [2.05, 4.69) is 6.58 Å². The van der Waals surface area contributed by atoms with Gasteiger partial charge < -0.3 is 10.8 Å². The summed E-state index contributed by atoms with van der Waals surface area (Å²) in [5, 5.41) is 9.79. The highest BCUT2D eigenvalue weighted by Crippen LogP contribution is 2.33. The van der Waals surface area contributed by atoms with Crippen molar-refractivity contribution in [1.82, 2.24) is 0 Å². The number of phenolic OH excluding ortho intramolecular Hbond substituents is 1. The number of anilines is 1. The number of allylic oxidation sites excluding steroid dienone is 1. The van der Waals surface area contributed by atoms with Crippen molar-refractivity contribution in [2.24, 2.45) is 0 Å². The number of hydrogen-bond acceptors (Lipinski definition) is 2. The minimum absolute atomic E-state index is 0.238. The van der Waals surface area contributed by atoms with E-state index in [9.17, 15) is 5.11 Å². The van der Waals surface area contributed by atoms with E-state index in [-0.39, 0.29) is 5.75 Å². The molecule has 86 valence electrons. The second kappa shape index (κ2) is 4.34. The highest BCUT2D eigenvalue weighted by Gasteiger charge is 2.07. The van der Waals surface area contributed by atoms with Crippen LogP contribution >= 0.6 is 0 Å². The summed E-state index contributed by atoms with van der Waals surface area (Å²) in [6, 6.07) is 12.9. The number of hydrogen-bond donors (Lipinski definition) is 2. The number of aromatic hydroxyl groups is 1. The van der Waals surface area contributed by atoms with Crippen molar-refractivity contribution in [1.29, 1.82) is 0 Å². The first-order chi connectivity index (χ1) is 8.09. The quantitative estimate of drug-likeness (QED) is 0.766. The fraction of sp³-hybridized carbons (Fsp3) is 0.0667. The fourth-order valence-electron chi connectivity index (χ4n) is 1.77. The Morgan fingerprint density at radius 2 is 1.82 bits per heavy atom. The molecule has 0 saturated heterocycles. The van der Waals surface area contributed by atoms with Gasteiger partial charge in [-0.25, -0.2) is 0 Å². The molecule has 3 N–H and O–H groups in total. The number of benzene rings is 2. The molecule has 2 aromatic rings. The van der Waals surface area contributed by atoms with E-state index in [4.69, 9.17) is 5.73 Å². The Balaban J connectivity index is 2.55. The van der Waals surface area contributed by atoms with Crippen LogP contribution in [0.3, 0.4) is 0 Å². The maximum Gasteiger partial charge on any atom is 0.123 e. The second-order valence-corrected chi connectivity index (χ2v) is 4.10. The molecule has 0 atom stereocenters. The van der Waals surface area contributed by atoms with Crippen molar-refractivity contribution in [2.75, 3.05) is 5.73 Å². The van der Waals surface area contributed by atoms with E-state index >= 15 is 0 Å². The summed E-state index contributed by atoms with van der Waals surface area (Å²) in [6.45, 7) is 5.82. The summed E-state index contributed by atoms with van der Waals surface area (Å²) in [4.78, 5) is 0. The number of nitrogens with two attached hydrogens (primary N) is 1. The molecule has 2 aromatic carbocycles. The molecule has 0 radical (unpaired) electrons. The van der Waals surface area contributed by atoms with Gasteiger partial charge in [0.25, 0.3) is 0 Å². The van der Waals surface area contributed by atoms with Crippen LogP contribution in [0, 0.1) is 0 Å². The zero-order chi connectivity index (χ0) is 12.4. The molecule has 2 heteroatoms. The Hall–Kier alpha value is -2.22. The Morgan fingerprint density at radius 1 is 1.12 bits per heavy atom. The molecule has 2 nitrogen and oxygen atoms in total. The number of rotatable bonds is 2. The number of nitrogen functional groups attached to an aromatic ring is 1. The van der Waals surface area contributed by atoms with Crippen LogP contribution < -0.4 is 5.73 Å². The molecule has 0 fully saturated rings. The minimum atomic E-state index is 0.238. The summed E-state index contributed by atoms with van der Waals surface area (Å²) in [5.41, 5.74) is 10.2. The maximum atomic E-state index is 9.79. The molecule has 0 aliphatic rings. The topological polar surface area (TPSA) is 46.2 Å². The van der Waals surface area contributed by atoms with Gasteiger partial charge in [-0.2, -0.15) is 0 Å². The average molecular weight is 225 g/mol. The van der Waals surface area contributed by atoms with E-state index in [1.165, 1.54) is 0 Å². The van der Waals surface area contributed by atoms with Crippen LogP contribution in [0.15, 0.2) is 49.0 Å². The van der Waals surface area contributed by atoms with E-state index < -0.39 is 0 Å². The smallest absolute Gasteiger partial charge is 0.123 e. The van der Waals surface area contributed by atoms with Crippen LogP contribution in [-0.2, 0) is 0 Å². The van der Waals surface area contributed by atoms with E-state index in [1.54, 1.807) is 12.1 Å². The van der Waals surface area contributed by atoms with Crippen molar-refractivity contribution < 1.29 is 5.11 Å². The molecule has 0 aromatic heterocycles. The predicted octanol–water partition coefficient (Wildman–Crippen LogP) is 3.67. The summed E-state index contributed by atoms with van der Waals surface area (Å²) in [6.07, 6.45) is 0. The van der Waals surface area contributed by atoms with Crippen LogP contribution in [0.2, 0.25) is 0 Å². The standard InChI is InChI=1S/C15H15NO/c1-10(2)11-7-8-12(14(16)9-11)13-5-3-4-6-15(13)17/h3-9,17H,1,16H2,2H3. The highest BCUT2D eigenvalue weighted by molar-refractivity contribution is 5.82. The van der Waals surface area contributed by atoms with Crippen molar-refractivity contribution in [3.63, 3.8) is 0 Å². The largest absolute Gasteiger partial charge is 0.507 e. The van der Waals surface area contributed by atoms with Gasteiger partial charge in [0.1, 0.15) is 5.75 Å². The van der Waals surface area contributed by atoms with Gasteiger partial charge >= 0.3 is 0 Å². The van der Waals surface area contributed by atoms with Gasteiger partial charge in [0.05, 0.1) is 0 Å². The van der Waals surface area contributed by atoms with Gasteiger partial charge in [-0.15, -0.1) is 0 Å². The normalized spacial score (nSPS) is 10.2. The molecule has 17 heavy (non-hydrogen) atoms. The minimum Gasteiger partial charge on any atom is -0.507 e. The molecule has 0 amide bonds. The monoisotopic (exact) mass is 225 g/mol. The average Bonchev–Trinajstić information content (AvgIpc) is 2.30. The van der Waals surface area contributed by atoms with E-state index in [1.807, 2.05) is 37.3 Å². The summed E-state index contributed by atoms with van der Waals surface area (Å²) in [7, 11) is 0. The lowest BCUT2D eigenvalue weighted by Gasteiger charge is -2.10. The molecule has 0 unspecified atom stereocenters. The predicted molar refractivity (Wildman–Crippen MR) is 72.7 cm³/mol. The third-order valence-corrected chi connectivity index (χ3v) is 2.74. The molecule has 0 spiro atoms. The van der Waals surface area contributed by atoms with Crippen molar-refractivity contribution in [3.05, 3.63) is 54.6 Å². The number of phenols is 1. The third-order valence-electron chi connectivity index (χ3n) is 2.74. The Morgan fingerprint density at radius 3 is 2.41 bits per heavy atom. The summed E-state index contributed by atoms with van der Waals surface area (Å²) < 4.78 is 0. The van der Waals surface area contributed by atoms with Crippen molar-refractivity contribution in [2.45, 2.75) is 6.92 Å². The second-order valence-electron chi connectivity index (χ2n) is 4.10. The van der Waals surface area contributed by atoms with Crippen LogP contribution in [0.5, 0.6) is 5.75 Å². The van der Waals surface area contributed by atoms with Crippen LogP contribution in [0.1, 0.15) is 12.5 Å². The van der Waals surface area contributed by atoms with E-state index in [0.29, 0.717) is 5.69 Å². The van der Waals surface area contributed by atoms with Crippen molar-refractivity contribution >= 4 is 11.3 Å². The SMILES string of the molecule is C=C(C)c1ccc(-c2ccccc2O)c(N)c1. The van der Waals surface area contributed by atoms with Gasteiger partial charge in [0, 0.05) is 16.8 Å². The van der Waals surface area contributed by atoms with Gasteiger partial charge in [0.2, 0.25) is 0 Å². The lowest BCUT2D eigenvalue weighted by molar-refractivity contribution is 0.477. The lowest BCUT2D eigenvalue weighted by Crippen LogP contribution is -1.92. The van der Waals surface area contributed by atoms with Crippen LogP contribution in [0.4, 0.5) is 5.69 Å². The lowest BCUT2D eigenvalue weighted by atomic mass is 9.99. The van der Waals surface area contributed by atoms with E-state index in [0.717, 1.165) is 22.3 Å².